The summed E-state index contributed by atoms with van der Waals surface area (Å²) in [6.07, 6.45) is 0.0384. The van der Waals surface area contributed by atoms with Gasteiger partial charge < -0.3 is 14.4 Å². The fourth-order valence-corrected chi connectivity index (χ4v) is 3.04. The molecule has 0 saturated carbocycles. The Morgan fingerprint density at radius 2 is 1.64 bits per heavy atom. The molecule has 0 N–H and O–H groups in total. The minimum absolute atomic E-state index is 0.0522. The van der Waals surface area contributed by atoms with Gasteiger partial charge in [-0.25, -0.2) is 4.39 Å². The van der Waals surface area contributed by atoms with Crippen LogP contribution in [0.25, 0.3) is 11.1 Å². The van der Waals surface area contributed by atoms with Gasteiger partial charge in [0.25, 0.3) is 5.91 Å². The standard InChI is InChI=1S/C20H22FNO3/c1-24-18-11-16(12-19(13-18)25-2)14-4-3-5-15(10-14)20(23)22-8-6-17(21)7-9-22/h3-5,10-13,17H,6-9H2,1-2H3. The maximum atomic E-state index is 13.3. The van der Waals surface area contributed by atoms with Crippen molar-refractivity contribution >= 4 is 5.91 Å². The van der Waals surface area contributed by atoms with Crippen LogP contribution >= 0.6 is 0 Å². The van der Waals surface area contributed by atoms with Gasteiger partial charge in [0, 0.05) is 24.7 Å². The van der Waals surface area contributed by atoms with Crippen LogP contribution in [0.5, 0.6) is 11.5 Å². The molecule has 2 aromatic carbocycles. The van der Waals surface area contributed by atoms with Crippen LogP contribution in [0.4, 0.5) is 4.39 Å². The predicted molar refractivity (Wildman–Crippen MR) is 95.0 cm³/mol. The maximum absolute atomic E-state index is 13.3. The first-order valence-corrected chi connectivity index (χ1v) is 8.37. The minimum atomic E-state index is -0.792. The van der Waals surface area contributed by atoms with Crippen LogP contribution in [0.3, 0.4) is 0 Å². The quantitative estimate of drug-likeness (QED) is 0.844. The van der Waals surface area contributed by atoms with E-state index in [9.17, 15) is 9.18 Å². The first-order valence-electron chi connectivity index (χ1n) is 8.37. The van der Waals surface area contributed by atoms with E-state index in [-0.39, 0.29) is 5.91 Å². The van der Waals surface area contributed by atoms with Gasteiger partial charge in [0.1, 0.15) is 17.7 Å². The zero-order valence-corrected chi connectivity index (χ0v) is 14.5. The average molecular weight is 343 g/mol. The molecule has 0 radical (unpaired) electrons. The number of nitrogens with zero attached hydrogens (tertiary/aromatic N) is 1. The van der Waals surface area contributed by atoms with Crippen LogP contribution in [-0.2, 0) is 0 Å². The smallest absolute Gasteiger partial charge is 0.253 e. The highest BCUT2D eigenvalue weighted by Gasteiger charge is 2.23. The van der Waals surface area contributed by atoms with E-state index in [4.69, 9.17) is 9.47 Å². The van der Waals surface area contributed by atoms with Crippen molar-refractivity contribution in [3.8, 4) is 22.6 Å². The van der Waals surface area contributed by atoms with Gasteiger partial charge in [0.15, 0.2) is 0 Å². The molecule has 1 aliphatic rings. The Hall–Kier alpha value is -2.56. The van der Waals surface area contributed by atoms with E-state index in [1.165, 1.54) is 0 Å². The number of alkyl halides is 1. The number of carbonyl (C=O) groups excluding carboxylic acids is 1. The summed E-state index contributed by atoms with van der Waals surface area (Å²) in [5.41, 5.74) is 2.42. The van der Waals surface area contributed by atoms with Gasteiger partial charge >= 0.3 is 0 Å². The number of carbonyl (C=O) groups is 1. The molecule has 5 heteroatoms. The molecule has 0 spiro atoms. The van der Waals surface area contributed by atoms with E-state index in [1.54, 1.807) is 31.3 Å². The summed E-state index contributed by atoms with van der Waals surface area (Å²) in [7, 11) is 3.21. The summed E-state index contributed by atoms with van der Waals surface area (Å²) in [6.45, 7) is 0.939. The number of benzene rings is 2. The molecule has 132 valence electrons. The van der Waals surface area contributed by atoms with Crippen molar-refractivity contribution in [2.24, 2.45) is 0 Å². The van der Waals surface area contributed by atoms with E-state index >= 15 is 0 Å². The summed E-state index contributed by atoms with van der Waals surface area (Å²) in [6, 6.07) is 13.1. The Morgan fingerprint density at radius 1 is 1.00 bits per heavy atom. The van der Waals surface area contributed by atoms with Gasteiger partial charge in [-0.1, -0.05) is 12.1 Å². The van der Waals surface area contributed by atoms with Gasteiger partial charge in [-0.05, 0) is 48.2 Å². The number of hydrogen-bond acceptors (Lipinski definition) is 3. The summed E-state index contributed by atoms with van der Waals surface area (Å²) in [5, 5.41) is 0. The van der Waals surface area contributed by atoms with Crippen molar-refractivity contribution in [2.45, 2.75) is 19.0 Å². The van der Waals surface area contributed by atoms with E-state index in [0.29, 0.717) is 43.0 Å². The number of halogens is 1. The highest BCUT2D eigenvalue weighted by Crippen LogP contribution is 2.30. The number of hydrogen-bond donors (Lipinski definition) is 0. The fourth-order valence-electron chi connectivity index (χ4n) is 3.04. The Morgan fingerprint density at radius 3 is 2.24 bits per heavy atom. The molecule has 0 unspecified atom stereocenters. The highest BCUT2D eigenvalue weighted by atomic mass is 19.1. The zero-order valence-electron chi connectivity index (χ0n) is 14.5. The first kappa shape index (κ1) is 17.3. The molecule has 0 aliphatic carbocycles. The third kappa shape index (κ3) is 3.92. The monoisotopic (exact) mass is 343 g/mol. The number of rotatable bonds is 4. The zero-order chi connectivity index (χ0) is 17.8. The molecular weight excluding hydrogens is 321 g/mol. The van der Waals surface area contributed by atoms with Gasteiger partial charge in [0.2, 0.25) is 0 Å². The van der Waals surface area contributed by atoms with E-state index in [1.807, 2.05) is 30.3 Å². The Bertz CT molecular complexity index is 732. The third-order valence-electron chi connectivity index (χ3n) is 4.51. The second-order valence-corrected chi connectivity index (χ2v) is 6.15. The fraction of sp³-hybridized carbons (Fsp3) is 0.350. The van der Waals surface area contributed by atoms with Crippen LogP contribution < -0.4 is 9.47 Å². The van der Waals surface area contributed by atoms with E-state index in [0.717, 1.165) is 11.1 Å². The Labute approximate surface area is 147 Å². The second-order valence-electron chi connectivity index (χ2n) is 6.15. The lowest BCUT2D eigenvalue weighted by molar-refractivity contribution is 0.0667. The minimum Gasteiger partial charge on any atom is -0.497 e. The molecule has 3 rings (SSSR count). The molecule has 1 heterocycles. The lowest BCUT2D eigenvalue weighted by atomic mass is 10.0. The lowest BCUT2D eigenvalue weighted by Crippen LogP contribution is -2.39. The maximum Gasteiger partial charge on any atom is 0.253 e. The molecule has 25 heavy (non-hydrogen) atoms. The molecule has 1 aliphatic heterocycles. The number of piperidine rings is 1. The van der Waals surface area contributed by atoms with E-state index in [2.05, 4.69) is 0 Å². The van der Waals surface area contributed by atoms with Crippen molar-refractivity contribution in [3.05, 3.63) is 48.0 Å². The lowest BCUT2D eigenvalue weighted by Gasteiger charge is -2.28. The molecule has 0 atom stereocenters. The Kier molecular flexibility index (Phi) is 5.22. The summed E-state index contributed by atoms with van der Waals surface area (Å²) >= 11 is 0. The molecule has 0 bridgehead atoms. The molecular formula is C20H22FNO3. The van der Waals surface area contributed by atoms with Crippen LogP contribution in [0, 0.1) is 0 Å². The van der Waals surface area contributed by atoms with Crippen molar-refractivity contribution in [1.29, 1.82) is 0 Å². The number of amides is 1. The highest BCUT2D eigenvalue weighted by molar-refractivity contribution is 5.95. The molecule has 4 nitrogen and oxygen atoms in total. The summed E-state index contributed by atoms with van der Waals surface area (Å²) in [5.74, 6) is 1.33. The van der Waals surface area contributed by atoms with Gasteiger partial charge in [0.05, 0.1) is 14.2 Å². The van der Waals surface area contributed by atoms with Gasteiger partial charge in [-0.2, -0.15) is 0 Å². The first-order chi connectivity index (χ1) is 12.1. The molecule has 1 saturated heterocycles. The second kappa shape index (κ2) is 7.55. The van der Waals surface area contributed by atoms with Crippen molar-refractivity contribution in [1.82, 2.24) is 4.90 Å². The number of likely N-dealkylation sites (tertiary alicyclic amines) is 1. The SMILES string of the molecule is COc1cc(OC)cc(-c2cccc(C(=O)N3CCC(F)CC3)c2)c1. The molecule has 1 fully saturated rings. The average Bonchev–Trinajstić information content (AvgIpc) is 2.67. The van der Waals surface area contributed by atoms with Crippen LogP contribution in [0.1, 0.15) is 23.2 Å². The van der Waals surface area contributed by atoms with Crippen molar-refractivity contribution < 1.29 is 18.7 Å². The van der Waals surface area contributed by atoms with Crippen LogP contribution in [0.2, 0.25) is 0 Å². The third-order valence-corrected chi connectivity index (χ3v) is 4.51. The molecule has 1 amide bonds. The number of ether oxygens (including phenoxy) is 2. The largest absolute Gasteiger partial charge is 0.497 e. The molecule has 0 aromatic heterocycles. The van der Waals surface area contributed by atoms with Crippen molar-refractivity contribution in [3.63, 3.8) is 0 Å². The van der Waals surface area contributed by atoms with Crippen LogP contribution in [0.15, 0.2) is 42.5 Å². The predicted octanol–water partition coefficient (Wildman–Crippen LogP) is 3.94. The topological polar surface area (TPSA) is 38.8 Å². The van der Waals surface area contributed by atoms with Crippen molar-refractivity contribution in [2.75, 3.05) is 27.3 Å². The normalized spacial score (nSPS) is 15.1. The summed E-state index contributed by atoms with van der Waals surface area (Å²) in [4.78, 5) is 14.4. The van der Waals surface area contributed by atoms with Gasteiger partial charge in [-0.3, -0.25) is 4.79 Å². The summed E-state index contributed by atoms with van der Waals surface area (Å²) < 4.78 is 23.9. The van der Waals surface area contributed by atoms with E-state index < -0.39 is 6.17 Å². The van der Waals surface area contributed by atoms with Crippen LogP contribution in [-0.4, -0.2) is 44.3 Å². The van der Waals surface area contributed by atoms with Gasteiger partial charge in [-0.15, -0.1) is 0 Å². The number of methoxy groups -OCH3 is 2. The molecule has 2 aromatic rings. The Balaban J connectivity index is 1.88.